The van der Waals surface area contributed by atoms with Gasteiger partial charge in [0, 0.05) is 63.7 Å². The number of aromatic nitrogens is 3. The van der Waals surface area contributed by atoms with Gasteiger partial charge < -0.3 is 32.8 Å². The van der Waals surface area contributed by atoms with Gasteiger partial charge in [-0.15, -0.1) is 0 Å². The number of hydrogen-bond acceptors (Lipinski definition) is 10. The SMILES string of the molecule is CCC(=O)N=C(N)c1ccc(F)c(N2CCN(CCNc3nc(N)nc(N=C(N)c4ncccc4C)c3C=N)CC2)c1. The van der Waals surface area contributed by atoms with Crippen molar-refractivity contribution in [2.75, 3.05) is 55.2 Å². The zero-order valence-corrected chi connectivity index (χ0v) is 23.6. The van der Waals surface area contributed by atoms with Crippen LogP contribution in [0.5, 0.6) is 0 Å². The van der Waals surface area contributed by atoms with Crippen molar-refractivity contribution in [2.24, 2.45) is 21.5 Å². The molecule has 1 amide bonds. The van der Waals surface area contributed by atoms with E-state index in [2.05, 4.69) is 35.2 Å². The summed E-state index contributed by atoms with van der Waals surface area (Å²) < 4.78 is 14.7. The molecule has 2 aromatic heterocycles. The molecule has 0 aliphatic carbocycles. The van der Waals surface area contributed by atoms with Gasteiger partial charge in [-0.1, -0.05) is 13.0 Å². The number of aryl methyl sites for hydroxylation is 1. The largest absolute Gasteiger partial charge is 0.383 e. The molecule has 14 heteroatoms. The third-order valence-corrected chi connectivity index (χ3v) is 6.79. The average molecular weight is 575 g/mol. The predicted octanol–water partition coefficient (Wildman–Crippen LogP) is 1.81. The molecule has 0 atom stereocenters. The number of halogens is 1. The Morgan fingerprint density at radius 3 is 2.62 bits per heavy atom. The highest BCUT2D eigenvalue weighted by molar-refractivity contribution is 6.04. The number of nitrogens with two attached hydrogens (primary N) is 3. The van der Waals surface area contributed by atoms with Gasteiger partial charge in [-0.3, -0.25) is 14.7 Å². The van der Waals surface area contributed by atoms with Crippen LogP contribution in [-0.2, 0) is 4.79 Å². The van der Waals surface area contributed by atoms with E-state index in [0.29, 0.717) is 67.6 Å². The van der Waals surface area contributed by atoms with E-state index in [1.54, 1.807) is 25.3 Å². The molecule has 1 fully saturated rings. The fourth-order valence-electron chi connectivity index (χ4n) is 4.49. The smallest absolute Gasteiger partial charge is 0.247 e. The van der Waals surface area contributed by atoms with Crippen molar-refractivity contribution in [3.05, 3.63) is 64.7 Å². The van der Waals surface area contributed by atoms with Gasteiger partial charge in [-0.05, 0) is 36.8 Å². The molecule has 8 N–H and O–H groups in total. The second kappa shape index (κ2) is 13.6. The predicted molar refractivity (Wildman–Crippen MR) is 163 cm³/mol. The first-order chi connectivity index (χ1) is 20.2. The van der Waals surface area contributed by atoms with Gasteiger partial charge in [-0.2, -0.15) is 15.0 Å². The van der Waals surface area contributed by atoms with Crippen LogP contribution in [0, 0.1) is 18.2 Å². The number of nitrogens with zero attached hydrogens (tertiary/aromatic N) is 7. The van der Waals surface area contributed by atoms with E-state index in [0.717, 1.165) is 11.8 Å². The van der Waals surface area contributed by atoms with Crippen LogP contribution in [0.25, 0.3) is 0 Å². The highest BCUT2D eigenvalue weighted by Gasteiger charge is 2.21. The molecule has 4 rings (SSSR count). The molecule has 220 valence electrons. The fraction of sp³-hybridized carbons (Fsp3) is 0.321. The second-order valence-electron chi connectivity index (χ2n) is 9.64. The fourth-order valence-corrected chi connectivity index (χ4v) is 4.49. The summed E-state index contributed by atoms with van der Waals surface area (Å²) in [5.41, 5.74) is 20.8. The Hall–Kier alpha value is -4.98. The monoisotopic (exact) mass is 574 g/mol. The summed E-state index contributed by atoms with van der Waals surface area (Å²) in [6.07, 6.45) is 2.98. The van der Waals surface area contributed by atoms with Crippen LogP contribution in [0.2, 0.25) is 0 Å². The van der Waals surface area contributed by atoms with Gasteiger partial charge in [0.2, 0.25) is 11.9 Å². The molecule has 3 aromatic rings. The Bertz CT molecular complexity index is 1510. The molecule has 42 heavy (non-hydrogen) atoms. The van der Waals surface area contributed by atoms with Gasteiger partial charge in [0.1, 0.15) is 23.2 Å². The first kappa shape index (κ1) is 30.0. The van der Waals surface area contributed by atoms with Crippen molar-refractivity contribution in [2.45, 2.75) is 20.3 Å². The Balaban J connectivity index is 1.38. The molecule has 1 aliphatic rings. The summed E-state index contributed by atoms with van der Waals surface area (Å²) in [6, 6.07) is 8.18. The summed E-state index contributed by atoms with van der Waals surface area (Å²) in [4.78, 5) is 36.8. The highest BCUT2D eigenvalue weighted by atomic mass is 19.1. The molecule has 0 unspecified atom stereocenters. The molecule has 0 bridgehead atoms. The molecule has 0 radical (unpaired) electrons. The quantitative estimate of drug-likeness (QED) is 0.176. The maximum Gasteiger partial charge on any atom is 0.247 e. The van der Waals surface area contributed by atoms with Crippen LogP contribution in [0.4, 0.5) is 27.7 Å². The molecule has 3 heterocycles. The van der Waals surface area contributed by atoms with E-state index in [4.69, 9.17) is 22.6 Å². The number of amidine groups is 2. The van der Waals surface area contributed by atoms with Crippen LogP contribution < -0.4 is 27.4 Å². The molecule has 1 aromatic carbocycles. The van der Waals surface area contributed by atoms with E-state index in [1.165, 1.54) is 12.1 Å². The number of carbonyl (C=O) groups excluding carboxylic acids is 1. The maximum absolute atomic E-state index is 14.7. The van der Waals surface area contributed by atoms with Crippen molar-refractivity contribution >= 4 is 47.1 Å². The van der Waals surface area contributed by atoms with Crippen molar-refractivity contribution in [3.63, 3.8) is 0 Å². The molecule has 0 saturated carbocycles. The van der Waals surface area contributed by atoms with E-state index < -0.39 is 0 Å². The minimum Gasteiger partial charge on any atom is -0.383 e. The number of rotatable bonds is 10. The number of benzene rings is 1. The number of aliphatic imine (C=N–C) groups is 2. The third-order valence-electron chi connectivity index (χ3n) is 6.79. The number of carbonyl (C=O) groups is 1. The Morgan fingerprint density at radius 2 is 1.93 bits per heavy atom. The first-order valence-electron chi connectivity index (χ1n) is 13.5. The number of pyridine rings is 1. The van der Waals surface area contributed by atoms with Crippen LogP contribution in [0.1, 0.15) is 35.7 Å². The standard InChI is InChI=1S/C28H35FN12O/c1-3-22(42)36-24(31)18-6-7-20(29)21(15-18)41-13-11-40(12-14-41)10-9-35-26-19(16-30)27(39-28(33)38-26)37-25(32)23-17(2)5-4-8-34-23/h4-8,15-16,30H,3,9-14H2,1-2H3,(H2,31,36,42)(H5,32,33,35,37,38,39). The van der Waals surface area contributed by atoms with Crippen molar-refractivity contribution in [1.29, 1.82) is 5.41 Å². The number of anilines is 3. The lowest BCUT2D eigenvalue weighted by atomic mass is 10.1. The van der Waals surface area contributed by atoms with Crippen LogP contribution >= 0.6 is 0 Å². The molecule has 1 aliphatic heterocycles. The van der Waals surface area contributed by atoms with E-state index in [-0.39, 0.29) is 41.6 Å². The molecule has 0 spiro atoms. The minimum atomic E-state index is -0.360. The number of nitrogen functional groups attached to an aromatic ring is 1. The lowest BCUT2D eigenvalue weighted by molar-refractivity contribution is -0.117. The molecule has 13 nitrogen and oxygen atoms in total. The Kier molecular flexibility index (Phi) is 9.70. The zero-order chi connectivity index (χ0) is 30.2. The van der Waals surface area contributed by atoms with E-state index in [1.807, 2.05) is 17.9 Å². The van der Waals surface area contributed by atoms with Crippen LogP contribution in [0.3, 0.4) is 0 Å². The van der Waals surface area contributed by atoms with Gasteiger partial charge >= 0.3 is 0 Å². The number of piperazine rings is 1. The topological polar surface area (TPSA) is 201 Å². The van der Waals surface area contributed by atoms with E-state index >= 15 is 0 Å². The molecular formula is C28H35FN12O. The zero-order valence-electron chi connectivity index (χ0n) is 23.6. The third kappa shape index (κ3) is 7.20. The van der Waals surface area contributed by atoms with Crippen LogP contribution in [0.15, 0.2) is 46.5 Å². The van der Waals surface area contributed by atoms with Gasteiger partial charge in [-0.25, -0.2) is 9.38 Å². The summed E-state index contributed by atoms with van der Waals surface area (Å²) >= 11 is 0. The summed E-state index contributed by atoms with van der Waals surface area (Å²) in [6.45, 7) is 7.35. The normalized spacial score (nSPS) is 14.6. The lowest BCUT2D eigenvalue weighted by Gasteiger charge is -2.36. The summed E-state index contributed by atoms with van der Waals surface area (Å²) in [5, 5.41) is 11.2. The van der Waals surface area contributed by atoms with Gasteiger partial charge in [0.15, 0.2) is 11.7 Å². The summed E-state index contributed by atoms with van der Waals surface area (Å²) in [5.74, 6) is 0.0857. The van der Waals surface area contributed by atoms with Gasteiger partial charge in [0.25, 0.3) is 0 Å². The van der Waals surface area contributed by atoms with Crippen LogP contribution in [-0.4, -0.2) is 82.9 Å². The van der Waals surface area contributed by atoms with Crippen molar-refractivity contribution < 1.29 is 9.18 Å². The number of amides is 1. The van der Waals surface area contributed by atoms with Gasteiger partial charge in [0.05, 0.1) is 11.3 Å². The summed E-state index contributed by atoms with van der Waals surface area (Å²) in [7, 11) is 0. The van der Waals surface area contributed by atoms with Crippen molar-refractivity contribution in [3.8, 4) is 0 Å². The lowest BCUT2D eigenvalue weighted by Crippen LogP contribution is -2.48. The maximum atomic E-state index is 14.7. The average Bonchev–Trinajstić information content (AvgIpc) is 2.97. The second-order valence-corrected chi connectivity index (χ2v) is 9.64. The Labute approximate surface area is 243 Å². The number of nitrogens with one attached hydrogen (secondary N) is 2. The Morgan fingerprint density at radius 1 is 1.17 bits per heavy atom. The first-order valence-corrected chi connectivity index (χ1v) is 13.5. The highest BCUT2D eigenvalue weighted by Crippen LogP contribution is 2.25. The van der Waals surface area contributed by atoms with Crippen molar-refractivity contribution in [1.82, 2.24) is 19.9 Å². The minimum absolute atomic E-state index is 0.00462. The molecule has 1 saturated heterocycles. The number of hydrogen-bond donors (Lipinski definition) is 5. The molecular weight excluding hydrogens is 539 g/mol. The van der Waals surface area contributed by atoms with E-state index in [9.17, 15) is 9.18 Å².